The molecule has 0 aromatic carbocycles. The summed E-state index contributed by atoms with van der Waals surface area (Å²) in [5, 5.41) is 7.61. The molecule has 1 amide bonds. The third-order valence-corrected chi connectivity index (χ3v) is 3.30. The summed E-state index contributed by atoms with van der Waals surface area (Å²) in [5.41, 5.74) is 0.242. The Labute approximate surface area is 120 Å². The third kappa shape index (κ3) is 3.07. The molecular weight excluding hydrogens is 272 g/mol. The second-order valence-corrected chi connectivity index (χ2v) is 4.78. The maximum Gasteiger partial charge on any atom is 0.255 e. The zero-order valence-electron chi connectivity index (χ0n) is 11.2. The third-order valence-electron chi connectivity index (χ3n) is 3.30. The highest BCUT2D eigenvalue weighted by Gasteiger charge is 2.28. The molecule has 2 aromatic rings. The van der Waals surface area contributed by atoms with Crippen molar-refractivity contribution in [1.29, 1.82) is 0 Å². The van der Waals surface area contributed by atoms with Crippen molar-refractivity contribution in [3.05, 3.63) is 52.6 Å². The van der Waals surface area contributed by atoms with E-state index in [0.29, 0.717) is 24.5 Å². The number of carbonyl (C=O) groups excluding carboxylic acids is 1. The van der Waals surface area contributed by atoms with Crippen molar-refractivity contribution in [2.24, 2.45) is 0 Å². The lowest BCUT2D eigenvalue weighted by atomic mass is 10.2. The van der Waals surface area contributed by atoms with Crippen LogP contribution in [0.1, 0.15) is 16.8 Å². The minimum absolute atomic E-state index is 0.0894. The summed E-state index contributed by atoms with van der Waals surface area (Å²) in [4.78, 5) is 27.5. The van der Waals surface area contributed by atoms with Gasteiger partial charge in [0, 0.05) is 37.5 Å². The van der Waals surface area contributed by atoms with Crippen molar-refractivity contribution in [3.8, 4) is 5.88 Å². The van der Waals surface area contributed by atoms with E-state index >= 15 is 0 Å². The van der Waals surface area contributed by atoms with Gasteiger partial charge >= 0.3 is 0 Å². The minimum atomic E-state index is -0.225. The van der Waals surface area contributed by atoms with Gasteiger partial charge in [-0.05, 0) is 12.1 Å². The Morgan fingerprint density at radius 3 is 3.00 bits per heavy atom. The number of nitrogens with one attached hydrogen (secondary N) is 1. The molecule has 1 atom stereocenters. The standard InChI is InChI=1S/C14H14N4O3/c19-12-4-3-10(8-15-12)14(20)18-7-5-11(9-18)21-13-2-1-6-16-17-13/h1-4,6,8,11H,5,7,9H2,(H,15,19)/t11-/m0/s1. The van der Waals surface area contributed by atoms with Crippen LogP contribution in [-0.2, 0) is 0 Å². The number of hydrogen-bond donors (Lipinski definition) is 1. The molecule has 7 nitrogen and oxygen atoms in total. The molecule has 0 spiro atoms. The van der Waals surface area contributed by atoms with Gasteiger partial charge in [0.05, 0.1) is 12.1 Å². The molecule has 0 aliphatic carbocycles. The molecule has 21 heavy (non-hydrogen) atoms. The predicted octanol–water partition coefficient (Wildman–Crippen LogP) is 0.458. The Bertz CT molecular complexity index is 666. The van der Waals surface area contributed by atoms with Crippen LogP contribution in [-0.4, -0.2) is 45.2 Å². The number of rotatable bonds is 3. The second kappa shape index (κ2) is 5.74. The maximum absolute atomic E-state index is 12.3. The summed E-state index contributed by atoms with van der Waals surface area (Å²) < 4.78 is 5.69. The van der Waals surface area contributed by atoms with Crippen molar-refractivity contribution in [1.82, 2.24) is 20.1 Å². The monoisotopic (exact) mass is 286 g/mol. The van der Waals surface area contributed by atoms with Crippen LogP contribution in [0.4, 0.5) is 0 Å². The molecule has 1 aliphatic rings. The molecule has 7 heteroatoms. The van der Waals surface area contributed by atoms with Crippen molar-refractivity contribution >= 4 is 5.91 Å². The Balaban J connectivity index is 1.63. The van der Waals surface area contributed by atoms with E-state index in [2.05, 4.69) is 15.2 Å². The lowest BCUT2D eigenvalue weighted by Crippen LogP contribution is -2.31. The summed E-state index contributed by atoms with van der Waals surface area (Å²) in [7, 11) is 0. The Hall–Kier alpha value is -2.70. The first-order chi connectivity index (χ1) is 10.2. The van der Waals surface area contributed by atoms with Crippen LogP contribution in [0.5, 0.6) is 5.88 Å². The first kappa shape index (κ1) is 13.3. The molecule has 0 bridgehead atoms. The van der Waals surface area contributed by atoms with Crippen LogP contribution in [0, 0.1) is 0 Å². The highest BCUT2D eigenvalue weighted by atomic mass is 16.5. The van der Waals surface area contributed by atoms with Crippen LogP contribution in [0.25, 0.3) is 0 Å². The second-order valence-electron chi connectivity index (χ2n) is 4.78. The lowest BCUT2D eigenvalue weighted by molar-refractivity contribution is 0.0770. The van der Waals surface area contributed by atoms with Gasteiger partial charge in [-0.2, -0.15) is 5.10 Å². The van der Waals surface area contributed by atoms with Gasteiger partial charge in [0.1, 0.15) is 6.10 Å². The molecule has 0 radical (unpaired) electrons. The summed E-state index contributed by atoms with van der Waals surface area (Å²) in [6.07, 6.45) is 3.66. The number of aromatic nitrogens is 3. The van der Waals surface area contributed by atoms with Gasteiger partial charge in [-0.15, -0.1) is 5.10 Å². The molecular formula is C14H14N4O3. The van der Waals surface area contributed by atoms with Gasteiger partial charge in [0.15, 0.2) is 0 Å². The number of likely N-dealkylation sites (tertiary alicyclic amines) is 1. The first-order valence-electron chi connectivity index (χ1n) is 6.65. The topological polar surface area (TPSA) is 88.2 Å². The van der Waals surface area contributed by atoms with E-state index in [0.717, 1.165) is 6.42 Å². The van der Waals surface area contributed by atoms with Gasteiger partial charge in [0.25, 0.3) is 5.91 Å². The molecule has 1 fully saturated rings. The number of nitrogens with zero attached hydrogens (tertiary/aromatic N) is 3. The van der Waals surface area contributed by atoms with E-state index in [1.165, 1.54) is 18.3 Å². The largest absolute Gasteiger partial charge is 0.471 e. The fourth-order valence-electron chi connectivity index (χ4n) is 2.26. The lowest BCUT2D eigenvalue weighted by Gasteiger charge is -2.16. The molecule has 0 saturated carbocycles. The molecule has 3 rings (SSSR count). The molecule has 1 saturated heterocycles. The van der Waals surface area contributed by atoms with Gasteiger partial charge in [-0.3, -0.25) is 9.59 Å². The highest BCUT2D eigenvalue weighted by Crippen LogP contribution is 2.17. The van der Waals surface area contributed by atoms with Crippen molar-refractivity contribution in [2.75, 3.05) is 13.1 Å². The molecule has 2 aromatic heterocycles. The number of aromatic amines is 1. The molecule has 1 aliphatic heterocycles. The van der Waals surface area contributed by atoms with Crippen LogP contribution >= 0.6 is 0 Å². The van der Waals surface area contributed by atoms with Gasteiger partial charge in [-0.25, -0.2) is 0 Å². The van der Waals surface area contributed by atoms with Crippen molar-refractivity contribution < 1.29 is 9.53 Å². The number of amides is 1. The number of H-pyrrole nitrogens is 1. The summed E-state index contributed by atoms with van der Waals surface area (Å²) in [6, 6.07) is 6.36. The molecule has 108 valence electrons. The fourth-order valence-corrected chi connectivity index (χ4v) is 2.26. The van der Waals surface area contributed by atoms with Crippen molar-refractivity contribution in [2.45, 2.75) is 12.5 Å². The molecule has 1 N–H and O–H groups in total. The van der Waals surface area contributed by atoms with Gasteiger partial charge in [-0.1, -0.05) is 0 Å². The smallest absolute Gasteiger partial charge is 0.255 e. The van der Waals surface area contributed by atoms with Gasteiger partial charge < -0.3 is 14.6 Å². The van der Waals surface area contributed by atoms with Crippen LogP contribution < -0.4 is 10.3 Å². The van der Waals surface area contributed by atoms with Gasteiger partial charge in [0.2, 0.25) is 11.4 Å². The predicted molar refractivity (Wildman–Crippen MR) is 74.0 cm³/mol. The van der Waals surface area contributed by atoms with E-state index in [4.69, 9.17) is 4.74 Å². The Kier molecular flexibility index (Phi) is 3.63. The number of pyridine rings is 1. The van der Waals surface area contributed by atoms with E-state index in [-0.39, 0.29) is 17.6 Å². The van der Waals surface area contributed by atoms with Crippen LogP contribution in [0.15, 0.2) is 41.5 Å². The Morgan fingerprint density at radius 2 is 2.29 bits per heavy atom. The van der Waals surface area contributed by atoms with Crippen molar-refractivity contribution in [3.63, 3.8) is 0 Å². The normalized spacial score (nSPS) is 17.7. The number of ether oxygens (including phenoxy) is 1. The summed E-state index contributed by atoms with van der Waals surface area (Å²) in [5.74, 6) is 0.345. The number of carbonyl (C=O) groups is 1. The molecule has 3 heterocycles. The van der Waals surface area contributed by atoms with E-state index < -0.39 is 0 Å². The maximum atomic E-state index is 12.3. The first-order valence-corrected chi connectivity index (χ1v) is 6.65. The zero-order chi connectivity index (χ0) is 14.7. The average molecular weight is 286 g/mol. The molecule has 0 unspecified atom stereocenters. The average Bonchev–Trinajstić information content (AvgIpc) is 2.97. The number of hydrogen-bond acceptors (Lipinski definition) is 5. The zero-order valence-corrected chi connectivity index (χ0v) is 11.2. The summed E-state index contributed by atoms with van der Waals surface area (Å²) >= 11 is 0. The van der Waals surface area contributed by atoms with Crippen LogP contribution in [0.3, 0.4) is 0 Å². The fraction of sp³-hybridized carbons (Fsp3) is 0.286. The SMILES string of the molecule is O=C(c1ccc(=O)[nH]c1)N1CC[C@H](Oc2cccnn2)C1. The van der Waals surface area contributed by atoms with Crippen LogP contribution in [0.2, 0.25) is 0 Å². The van der Waals surface area contributed by atoms with E-state index in [9.17, 15) is 9.59 Å². The Morgan fingerprint density at radius 1 is 1.38 bits per heavy atom. The quantitative estimate of drug-likeness (QED) is 0.885. The summed E-state index contributed by atoms with van der Waals surface area (Å²) in [6.45, 7) is 1.11. The van der Waals surface area contributed by atoms with E-state index in [1.807, 2.05) is 0 Å². The highest BCUT2D eigenvalue weighted by molar-refractivity contribution is 5.94. The van der Waals surface area contributed by atoms with E-state index in [1.54, 1.807) is 23.2 Å². The minimum Gasteiger partial charge on any atom is -0.471 e.